The third-order valence-electron chi connectivity index (χ3n) is 7.64. The van der Waals surface area contributed by atoms with E-state index in [0.717, 1.165) is 57.3 Å². The van der Waals surface area contributed by atoms with Crippen molar-refractivity contribution in [3.8, 4) is 0 Å². The van der Waals surface area contributed by atoms with Crippen LogP contribution in [0.15, 0.2) is 48.5 Å². The van der Waals surface area contributed by atoms with Crippen molar-refractivity contribution in [1.82, 2.24) is 9.80 Å². The molecule has 1 aliphatic heterocycles. The van der Waals surface area contributed by atoms with Gasteiger partial charge in [-0.15, -0.1) is 0 Å². The lowest BCUT2D eigenvalue weighted by Crippen LogP contribution is -2.45. The average Bonchev–Trinajstić information content (AvgIpc) is 2.88. The van der Waals surface area contributed by atoms with E-state index >= 15 is 0 Å². The Morgan fingerprint density at radius 2 is 1.74 bits per heavy atom. The monoisotopic (exact) mass is 504 g/mol. The second-order valence-electron chi connectivity index (χ2n) is 9.64. The number of piperidine rings is 1. The summed E-state index contributed by atoms with van der Waals surface area (Å²) in [4.78, 5) is 17.3. The highest BCUT2D eigenvalue weighted by atomic mass is 35.5. The standard InChI is InChI=1S/C28H38Cl2N2O2/c1-4-28(34,5-2)24-14-17-32(18-15-24)16-13-23(22-11-12-25(29)26(30)19-22)20-31(3)27(33)21-9-7-6-8-10-21/h6-12,19,23-24,34H,4-5,13-18,20H2,1-3H3. The molecule has 186 valence electrons. The van der Waals surface area contributed by atoms with Gasteiger partial charge in [0.15, 0.2) is 0 Å². The molecule has 0 saturated carbocycles. The summed E-state index contributed by atoms with van der Waals surface area (Å²) in [5.74, 6) is 0.539. The lowest BCUT2D eigenvalue weighted by atomic mass is 9.77. The molecule has 6 heteroatoms. The van der Waals surface area contributed by atoms with Gasteiger partial charge >= 0.3 is 0 Å². The first kappa shape index (κ1) is 27.0. The van der Waals surface area contributed by atoms with E-state index in [2.05, 4.69) is 18.7 Å². The van der Waals surface area contributed by atoms with Gasteiger partial charge in [0.25, 0.3) is 5.91 Å². The smallest absolute Gasteiger partial charge is 0.253 e. The van der Waals surface area contributed by atoms with Crippen molar-refractivity contribution in [2.75, 3.05) is 33.2 Å². The van der Waals surface area contributed by atoms with Gasteiger partial charge in [0.1, 0.15) is 0 Å². The van der Waals surface area contributed by atoms with Gasteiger partial charge in [0.2, 0.25) is 0 Å². The first-order chi connectivity index (χ1) is 16.3. The number of nitrogens with zero attached hydrogens (tertiary/aromatic N) is 2. The van der Waals surface area contributed by atoms with Crippen LogP contribution in [-0.4, -0.2) is 59.6 Å². The summed E-state index contributed by atoms with van der Waals surface area (Å²) in [5.41, 5.74) is 1.26. The van der Waals surface area contributed by atoms with E-state index in [1.54, 1.807) is 4.90 Å². The van der Waals surface area contributed by atoms with Gasteiger partial charge in [0.05, 0.1) is 15.6 Å². The molecule has 3 rings (SSSR count). The number of carbonyl (C=O) groups excluding carboxylic acids is 1. The van der Waals surface area contributed by atoms with Crippen LogP contribution < -0.4 is 0 Å². The maximum atomic E-state index is 13.0. The van der Waals surface area contributed by atoms with Gasteiger partial charge < -0.3 is 14.9 Å². The van der Waals surface area contributed by atoms with Crippen molar-refractivity contribution in [2.24, 2.45) is 5.92 Å². The molecule has 1 amide bonds. The Hall–Kier alpha value is -1.59. The Balaban J connectivity index is 1.66. The first-order valence-electron chi connectivity index (χ1n) is 12.5. The third kappa shape index (κ3) is 6.75. The predicted molar refractivity (Wildman–Crippen MR) is 142 cm³/mol. The van der Waals surface area contributed by atoms with Crippen LogP contribution in [0.25, 0.3) is 0 Å². The summed E-state index contributed by atoms with van der Waals surface area (Å²) < 4.78 is 0. The summed E-state index contributed by atoms with van der Waals surface area (Å²) in [7, 11) is 1.86. The average molecular weight is 506 g/mol. The molecule has 1 fully saturated rings. The largest absolute Gasteiger partial charge is 0.390 e. The molecule has 1 atom stereocenters. The molecule has 1 N–H and O–H groups in total. The van der Waals surface area contributed by atoms with Crippen LogP contribution in [0.4, 0.5) is 0 Å². The summed E-state index contributed by atoms with van der Waals surface area (Å²) in [6, 6.07) is 15.2. The van der Waals surface area contributed by atoms with Crippen molar-refractivity contribution >= 4 is 29.1 Å². The Labute approximate surface area is 214 Å². The molecule has 34 heavy (non-hydrogen) atoms. The van der Waals surface area contributed by atoms with E-state index in [0.29, 0.717) is 28.1 Å². The normalized spacial score (nSPS) is 16.4. The van der Waals surface area contributed by atoms with Crippen LogP contribution in [0.2, 0.25) is 10.0 Å². The minimum absolute atomic E-state index is 0.0184. The summed E-state index contributed by atoms with van der Waals surface area (Å²) in [6.07, 6.45) is 4.61. The van der Waals surface area contributed by atoms with Gasteiger partial charge in [-0.05, 0) is 87.5 Å². The third-order valence-corrected chi connectivity index (χ3v) is 8.38. The van der Waals surface area contributed by atoms with E-state index in [4.69, 9.17) is 23.2 Å². The number of hydrogen-bond donors (Lipinski definition) is 1. The topological polar surface area (TPSA) is 43.8 Å². The molecule has 1 unspecified atom stereocenters. The second-order valence-corrected chi connectivity index (χ2v) is 10.5. The van der Waals surface area contributed by atoms with E-state index in [1.807, 2.05) is 55.6 Å². The number of amides is 1. The minimum Gasteiger partial charge on any atom is -0.390 e. The van der Waals surface area contributed by atoms with Gasteiger partial charge in [-0.3, -0.25) is 4.79 Å². The van der Waals surface area contributed by atoms with E-state index in [-0.39, 0.29) is 11.8 Å². The maximum absolute atomic E-state index is 13.0. The van der Waals surface area contributed by atoms with Crippen molar-refractivity contribution in [3.05, 3.63) is 69.7 Å². The summed E-state index contributed by atoms with van der Waals surface area (Å²) in [6.45, 7) is 7.73. The van der Waals surface area contributed by atoms with Crippen molar-refractivity contribution in [2.45, 2.75) is 57.5 Å². The zero-order valence-electron chi connectivity index (χ0n) is 20.6. The number of likely N-dealkylation sites (tertiary alicyclic amines) is 1. The molecule has 4 nitrogen and oxygen atoms in total. The molecule has 0 bridgehead atoms. The second kappa shape index (κ2) is 12.4. The number of halogens is 2. The first-order valence-corrected chi connectivity index (χ1v) is 13.2. The molecule has 0 aromatic heterocycles. The highest BCUT2D eigenvalue weighted by molar-refractivity contribution is 6.42. The fourth-order valence-electron chi connectivity index (χ4n) is 5.20. The molecule has 1 aliphatic rings. The van der Waals surface area contributed by atoms with E-state index in [9.17, 15) is 9.90 Å². The molecule has 0 radical (unpaired) electrons. The Morgan fingerprint density at radius 1 is 1.09 bits per heavy atom. The fourth-order valence-corrected chi connectivity index (χ4v) is 5.51. The van der Waals surface area contributed by atoms with Gasteiger partial charge in [-0.1, -0.05) is 61.3 Å². The Kier molecular flexibility index (Phi) is 9.84. The van der Waals surface area contributed by atoms with Crippen molar-refractivity contribution < 1.29 is 9.90 Å². The molecular weight excluding hydrogens is 467 g/mol. The molecule has 2 aromatic rings. The fraction of sp³-hybridized carbons (Fsp3) is 0.536. The number of hydrogen-bond acceptors (Lipinski definition) is 3. The minimum atomic E-state index is -0.533. The SMILES string of the molecule is CCC(O)(CC)C1CCN(CCC(CN(C)C(=O)c2ccccc2)c2ccc(Cl)c(Cl)c2)CC1. The van der Waals surface area contributed by atoms with Crippen LogP contribution in [-0.2, 0) is 0 Å². The maximum Gasteiger partial charge on any atom is 0.253 e. The van der Waals surface area contributed by atoms with E-state index in [1.165, 1.54) is 0 Å². The van der Waals surface area contributed by atoms with Gasteiger partial charge in [0, 0.05) is 25.1 Å². The van der Waals surface area contributed by atoms with E-state index < -0.39 is 5.60 Å². The molecule has 0 aliphatic carbocycles. The highest BCUT2D eigenvalue weighted by Gasteiger charge is 2.35. The Bertz CT molecular complexity index is 925. The Morgan fingerprint density at radius 3 is 2.32 bits per heavy atom. The molecule has 1 saturated heterocycles. The predicted octanol–water partition coefficient (Wildman–Crippen LogP) is 6.50. The molecular formula is C28H38Cl2N2O2. The number of carbonyl (C=O) groups is 1. The molecule has 1 heterocycles. The highest BCUT2D eigenvalue weighted by Crippen LogP contribution is 2.34. The molecule has 0 spiro atoms. The van der Waals surface area contributed by atoms with Gasteiger partial charge in [-0.2, -0.15) is 0 Å². The van der Waals surface area contributed by atoms with Crippen LogP contribution in [0.3, 0.4) is 0 Å². The quantitative estimate of drug-likeness (QED) is 0.401. The lowest BCUT2D eigenvalue weighted by Gasteiger charge is -2.41. The number of benzene rings is 2. The van der Waals surface area contributed by atoms with Crippen LogP contribution >= 0.6 is 23.2 Å². The lowest BCUT2D eigenvalue weighted by molar-refractivity contribution is -0.0491. The molecule has 2 aromatic carbocycles. The van der Waals surface area contributed by atoms with Gasteiger partial charge in [-0.25, -0.2) is 0 Å². The van der Waals surface area contributed by atoms with Crippen molar-refractivity contribution in [1.29, 1.82) is 0 Å². The zero-order valence-corrected chi connectivity index (χ0v) is 22.2. The van der Waals surface area contributed by atoms with Crippen LogP contribution in [0.1, 0.15) is 67.8 Å². The van der Waals surface area contributed by atoms with Crippen molar-refractivity contribution in [3.63, 3.8) is 0 Å². The summed E-state index contributed by atoms with van der Waals surface area (Å²) in [5, 5.41) is 12.0. The van der Waals surface area contributed by atoms with Crippen LogP contribution in [0, 0.1) is 5.92 Å². The number of likely N-dealkylation sites (N-methyl/N-ethyl adjacent to an activating group) is 1. The van der Waals surface area contributed by atoms with Crippen LogP contribution in [0.5, 0.6) is 0 Å². The summed E-state index contributed by atoms with van der Waals surface area (Å²) >= 11 is 12.5. The number of rotatable bonds is 10. The number of aliphatic hydroxyl groups is 1. The zero-order chi connectivity index (χ0) is 24.7.